The van der Waals surface area contributed by atoms with Crippen LogP contribution in [0.4, 0.5) is 4.79 Å². The lowest BCUT2D eigenvalue weighted by Gasteiger charge is -2.49. The lowest BCUT2D eigenvalue weighted by atomic mass is 9.73. The monoisotopic (exact) mass is 320 g/mol. The summed E-state index contributed by atoms with van der Waals surface area (Å²) in [5, 5.41) is 12.8. The van der Waals surface area contributed by atoms with E-state index in [0.717, 1.165) is 19.4 Å². The van der Waals surface area contributed by atoms with Crippen molar-refractivity contribution in [3.05, 3.63) is 11.6 Å². The van der Waals surface area contributed by atoms with Crippen molar-refractivity contribution < 1.29 is 9.90 Å². The first kappa shape index (κ1) is 16.8. The van der Waals surface area contributed by atoms with Crippen LogP contribution in [0.5, 0.6) is 0 Å². The molecule has 4 nitrogen and oxygen atoms in total. The molecule has 2 bridgehead atoms. The van der Waals surface area contributed by atoms with Gasteiger partial charge in [-0.2, -0.15) is 0 Å². The fraction of sp³-hybridized carbons (Fsp3) is 0.842. The van der Waals surface area contributed by atoms with E-state index in [1.165, 1.54) is 37.7 Å². The molecular formula is C19H32N2O2. The molecule has 0 radical (unpaired) electrons. The smallest absolute Gasteiger partial charge is 0.317 e. The predicted octanol–water partition coefficient (Wildman–Crippen LogP) is 3.32. The van der Waals surface area contributed by atoms with Gasteiger partial charge in [-0.05, 0) is 50.9 Å². The van der Waals surface area contributed by atoms with Crippen LogP contribution < -0.4 is 5.32 Å². The molecule has 3 atom stereocenters. The van der Waals surface area contributed by atoms with Crippen LogP contribution in [0.2, 0.25) is 0 Å². The number of carbonyl (C=O) groups excluding carboxylic acids is 1. The Morgan fingerprint density at radius 2 is 2.22 bits per heavy atom. The van der Waals surface area contributed by atoms with Gasteiger partial charge >= 0.3 is 6.03 Å². The van der Waals surface area contributed by atoms with Crippen molar-refractivity contribution in [1.82, 2.24) is 10.2 Å². The van der Waals surface area contributed by atoms with Crippen LogP contribution in [0.25, 0.3) is 0 Å². The molecule has 1 saturated carbocycles. The second-order valence-corrected chi connectivity index (χ2v) is 8.36. The van der Waals surface area contributed by atoms with E-state index in [1.807, 2.05) is 4.90 Å². The maximum atomic E-state index is 12.7. The van der Waals surface area contributed by atoms with Gasteiger partial charge in [-0.25, -0.2) is 4.79 Å². The Morgan fingerprint density at radius 1 is 1.39 bits per heavy atom. The molecule has 3 fully saturated rings. The lowest BCUT2D eigenvalue weighted by molar-refractivity contribution is 0.00359. The zero-order valence-corrected chi connectivity index (χ0v) is 14.7. The van der Waals surface area contributed by atoms with Crippen molar-refractivity contribution in [3.63, 3.8) is 0 Å². The number of fused-ring (bicyclic) bond motifs is 3. The number of amides is 2. The third-order valence-corrected chi connectivity index (χ3v) is 6.24. The number of aliphatic hydroxyl groups is 1. The molecule has 3 unspecified atom stereocenters. The molecule has 0 aromatic rings. The van der Waals surface area contributed by atoms with E-state index >= 15 is 0 Å². The SMILES string of the molecule is CC(C)(CNC(=O)N1CC2CCC1C(CO)C2)C1=CCCCC1. The minimum Gasteiger partial charge on any atom is -0.396 e. The average molecular weight is 320 g/mol. The molecule has 2 aliphatic carbocycles. The summed E-state index contributed by atoms with van der Waals surface area (Å²) in [5.74, 6) is 0.860. The Kier molecular flexibility index (Phi) is 5.00. The largest absolute Gasteiger partial charge is 0.396 e. The number of piperidine rings is 2. The summed E-state index contributed by atoms with van der Waals surface area (Å²) < 4.78 is 0. The number of nitrogens with zero attached hydrogens (tertiary/aromatic N) is 1. The van der Waals surface area contributed by atoms with E-state index in [9.17, 15) is 9.90 Å². The van der Waals surface area contributed by atoms with Crippen LogP contribution >= 0.6 is 0 Å². The summed E-state index contributed by atoms with van der Waals surface area (Å²) in [4.78, 5) is 14.7. The number of aliphatic hydroxyl groups excluding tert-OH is 1. The van der Waals surface area contributed by atoms with Crippen LogP contribution in [0.1, 0.15) is 58.8 Å². The summed E-state index contributed by atoms with van der Waals surface area (Å²) in [6.45, 7) is 6.27. The fourth-order valence-corrected chi connectivity index (χ4v) is 4.73. The maximum Gasteiger partial charge on any atom is 0.317 e. The molecule has 2 N–H and O–H groups in total. The molecule has 130 valence electrons. The Balaban J connectivity index is 1.58. The summed E-state index contributed by atoms with van der Waals surface area (Å²) in [7, 11) is 0. The number of urea groups is 1. The van der Waals surface area contributed by atoms with E-state index in [0.29, 0.717) is 12.5 Å². The Morgan fingerprint density at radius 3 is 2.87 bits per heavy atom. The van der Waals surface area contributed by atoms with E-state index in [1.54, 1.807) is 0 Å². The topological polar surface area (TPSA) is 52.6 Å². The Labute approximate surface area is 140 Å². The number of hydrogen-bond donors (Lipinski definition) is 2. The first-order chi connectivity index (χ1) is 11.0. The molecule has 2 heterocycles. The van der Waals surface area contributed by atoms with Gasteiger partial charge in [0.05, 0.1) is 0 Å². The number of rotatable bonds is 4. The van der Waals surface area contributed by atoms with Gasteiger partial charge in [0.1, 0.15) is 0 Å². The quantitative estimate of drug-likeness (QED) is 0.781. The molecule has 0 spiro atoms. The van der Waals surface area contributed by atoms with Crippen LogP contribution in [-0.4, -0.2) is 41.8 Å². The minimum absolute atomic E-state index is 0.0429. The molecule has 23 heavy (non-hydrogen) atoms. The van der Waals surface area contributed by atoms with Crippen LogP contribution in [0.15, 0.2) is 11.6 Å². The summed E-state index contributed by atoms with van der Waals surface area (Å²) in [6.07, 6.45) is 10.7. The molecule has 0 aromatic heterocycles. The standard InChI is InChI=1S/C19H32N2O2/c1-19(2,16-6-4-3-5-7-16)13-20-18(23)21-11-14-8-9-17(21)15(10-14)12-22/h6,14-15,17,22H,3-5,7-13H2,1-2H3,(H,20,23). The van der Waals surface area contributed by atoms with Crippen molar-refractivity contribution in [3.8, 4) is 0 Å². The van der Waals surface area contributed by atoms with Crippen LogP contribution in [0.3, 0.4) is 0 Å². The summed E-state index contributed by atoms with van der Waals surface area (Å²) in [5.41, 5.74) is 1.54. The molecule has 2 amide bonds. The third-order valence-electron chi connectivity index (χ3n) is 6.24. The highest BCUT2D eigenvalue weighted by atomic mass is 16.3. The van der Waals surface area contributed by atoms with Gasteiger partial charge in [0, 0.05) is 37.1 Å². The lowest BCUT2D eigenvalue weighted by Crippen LogP contribution is -2.59. The second-order valence-electron chi connectivity index (χ2n) is 8.36. The van der Waals surface area contributed by atoms with E-state index < -0.39 is 0 Å². The van der Waals surface area contributed by atoms with Crippen molar-refractivity contribution in [2.24, 2.45) is 17.3 Å². The predicted molar refractivity (Wildman–Crippen MR) is 92.1 cm³/mol. The first-order valence-electron chi connectivity index (χ1n) is 9.36. The number of nitrogens with one attached hydrogen (secondary N) is 1. The van der Waals surface area contributed by atoms with Crippen molar-refractivity contribution >= 4 is 6.03 Å². The van der Waals surface area contributed by atoms with Gasteiger partial charge in [0.15, 0.2) is 0 Å². The van der Waals surface area contributed by atoms with Crippen LogP contribution in [0, 0.1) is 17.3 Å². The zero-order valence-electron chi connectivity index (χ0n) is 14.7. The average Bonchev–Trinajstić information content (AvgIpc) is 2.60. The molecule has 2 saturated heterocycles. The van der Waals surface area contributed by atoms with Gasteiger partial charge in [-0.1, -0.05) is 25.5 Å². The van der Waals surface area contributed by atoms with Gasteiger partial charge in [0.2, 0.25) is 0 Å². The number of carbonyl (C=O) groups is 1. The highest BCUT2D eigenvalue weighted by Gasteiger charge is 2.42. The Bertz CT molecular complexity index is 472. The number of hydrogen-bond acceptors (Lipinski definition) is 2. The van der Waals surface area contributed by atoms with Crippen molar-refractivity contribution in [2.45, 2.75) is 64.8 Å². The van der Waals surface area contributed by atoms with Gasteiger partial charge in [0.25, 0.3) is 0 Å². The van der Waals surface area contributed by atoms with Gasteiger partial charge < -0.3 is 15.3 Å². The van der Waals surface area contributed by atoms with E-state index in [2.05, 4.69) is 25.2 Å². The minimum atomic E-state index is 0.0429. The van der Waals surface area contributed by atoms with Crippen molar-refractivity contribution in [2.75, 3.05) is 19.7 Å². The normalized spacial score (nSPS) is 31.0. The highest BCUT2D eigenvalue weighted by molar-refractivity contribution is 5.75. The molecule has 4 rings (SSSR count). The first-order valence-corrected chi connectivity index (χ1v) is 9.36. The fourth-order valence-electron chi connectivity index (χ4n) is 4.73. The summed E-state index contributed by atoms with van der Waals surface area (Å²) in [6, 6.07) is 0.310. The second kappa shape index (κ2) is 6.84. The molecule has 0 aromatic carbocycles. The van der Waals surface area contributed by atoms with E-state index in [4.69, 9.17) is 0 Å². The zero-order chi connectivity index (χ0) is 16.4. The third kappa shape index (κ3) is 3.57. The summed E-state index contributed by atoms with van der Waals surface area (Å²) >= 11 is 0. The van der Waals surface area contributed by atoms with Gasteiger partial charge in [-0.15, -0.1) is 0 Å². The van der Waals surface area contributed by atoms with Crippen LogP contribution in [-0.2, 0) is 0 Å². The Hall–Kier alpha value is -1.03. The highest BCUT2D eigenvalue weighted by Crippen LogP contribution is 2.39. The van der Waals surface area contributed by atoms with Gasteiger partial charge in [-0.3, -0.25) is 0 Å². The molecular weight excluding hydrogens is 288 g/mol. The molecule has 4 aliphatic rings. The maximum absolute atomic E-state index is 12.7. The molecule has 2 aliphatic heterocycles. The number of allylic oxidation sites excluding steroid dienone is 1. The van der Waals surface area contributed by atoms with Crippen molar-refractivity contribution in [1.29, 1.82) is 0 Å². The molecule has 4 heteroatoms. The van der Waals surface area contributed by atoms with E-state index in [-0.39, 0.29) is 30.0 Å².